The molecule has 0 saturated heterocycles. The van der Waals surface area contributed by atoms with Crippen molar-refractivity contribution in [3.63, 3.8) is 0 Å². The Morgan fingerprint density at radius 2 is 2.00 bits per heavy atom. The minimum Gasteiger partial charge on any atom is -0.497 e. The quantitative estimate of drug-likeness (QED) is 0.577. The van der Waals surface area contributed by atoms with Crippen molar-refractivity contribution in [2.75, 3.05) is 7.11 Å². The molecular formula is C18H14N4O3. The molecule has 7 heteroatoms. The second kappa shape index (κ2) is 6.20. The number of nitrogens with one attached hydrogen (secondary N) is 1. The fourth-order valence-electron chi connectivity index (χ4n) is 2.64. The van der Waals surface area contributed by atoms with Gasteiger partial charge >= 0.3 is 5.97 Å². The van der Waals surface area contributed by atoms with E-state index in [9.17, 15) is 4.79 Å². The van der Waals surface area contributed by atoms with E-state index in [0.717, 1.165) is 22.0 Å². The number of hydrogen-bond donors (Lipinski definition) is 1. The molecule has 2 heterocycles. The number of aromatic nitrogens is 4. The zero-order valence-electron chi connectivity index (χ0n) is 13.4. The van der Waals surface area contributed by atoms with E-state index in [1.165, 1.54) is 0 Å². The second-order valence-corrected chi connectivity index (χ2v) is 5.47. The first-order valence-electron chi connectivity index (χ1n) is 7.64. The molecule has 0 saturated carbocycles. The summed E-state index contributed by atoms with van der Waals surface area (Å²) in [5, 5.41) is 11.4. The molecule has 0 unspecified atom stereocenters. The van der Waals surface area contributed by atoms with Gasteiger partial charge in [0.2, 0.25) is 0 Å². The summed E-state index contributed by atoms with van der Waals surface area (Å²) in [6.07, 6.45) is 1.64. The molecule has 4 aromatic rings. The fraction of sp³-hybridized carbons (Fsp3) is 0.111. The standard InChI is InChI=1S/C18H14N4O3/c1-24-13-8-12-3-2-6-19-17(12)14(9-13)18(23)25-10-11-4-5-15-16(7-11)21-22-20-15/h2-9H,10H2,1H3,(H,20,21,22). The highest BCUT2D eigenvalue weighted by molar-refractivity contribution is 6.03. The summed E-state index contributed by atoms with van der Waals surface area (Å²) >= 11 is 0. The predicted octanol–water partition coefficient (Wildman–Crippen LogP) is 2.87. The molecular weight excluding hydrogens is 320 g/mol. The van der Waals surface area contributed by atoms with Crippen LogP contribution in [0.15, 0.2) is 48.7 Å². The van der Waals surface area contributed by atoms with Crippen LogP contribution in [0.25, 0.3) is 21.9 Å². The molecule has 124 valence electrons. The highest BCUT2D eigenvalue weighted by Gasteiger charge is 2.15. The fourth-order valence-corrected chi connectivity index (χ4v) is 2.64. The van der Waals surface area contributed by atoms with Gasteiger partial charge in [-0.2, -0.15) is 15.4 Å². The average molecular weight is 334 g/mol. The van der Waals surface area contributed by atoms with Gasteiger partial charge in [-0.1, -0.05) is 12.1 Å². The maximum absolute atomic E-state index is 12.6. The van der Waals surface area contributed by atoms with Crippen LogP contribution in [-0.4, -0.2) is 33.5 Å². The molecule has 0 bridgehead atoms. The third kappa shape index (κ3) is 2.87. The third-order valence-electron chi connectivity index (χ3n) is 3.88. The van der Waals surface area contributed by atoms with Gasteiger partial charge in [-0.05, 0) is 35.9 Å². The Kier molecular flexibility index (Phi) is 3.74. The van der Waals surface area contributed by atoms with E-state index < -0.39 is 5.97 Å². The van der Waals surface area contributed by atoms with Crippen molar-refractivity contribution in [1.82, 2.24) is 20.4 Å². The van der Waals surface area contributed by atoms with Crippen molar-refractivity contribution in [2.45, 2.75) is 6.61 Å². The van der Waals surface area contributed by atoms with Gasteiger partial charge in [0, 0.05) is 11.6 Å². The van der Waals surface area contributed by atoms with Gasteiger partial charge in [0.15, 0.2) is 0 Å². The van der Waals surface area contributed by atoms with E-state index in [1.54, 1.807) is 19.4 Å². The first kappa shape index (κ1) is 15.1. The SMILES string of the molecule is COc1cc(C(=O)OCc2ccc3n[nH]nc3c2)c2ncccc2c1. The van der Waals surface area contributed by atoms with Crippen LogP contribution >= 0.6 is 0 Å². The van der Waals surface area contributed by atoms with Crippen molar-refractivity contribution in [2.24, 2.45) is 0 Å². The Bertz CT molecular complexity index is 1070. The smallest absolute Gasteiger partial charge is 0.340 e. The molecule has 2 aromatic heterocycles. The molecule has 0 radical (unpaired) electrons. The van der Waals surface area contributed by atoms with Crippen molar-refractivity contribution >= 4 is 27.9 Å². The number of nitrogens with zero attached hydrogens (tertiary/aromatic N) is 3. The summed E-state index contributed by atoms with van der Waals surface area (Å²) in [6, 6.07) is 12.7. The molecule has 0 aliphatic rings. The number of fused-ring (bicyclic) bond motifs is 2. The lowest BCUT2D eigenvalue weighted by Gasteiger charge is -2.09. The second-order valence-electron chi connectivity index (χ2n) is 5.47. The Balaban J connectivity index is 1.61. The average Bonchev–Trinajstić information content (AvgIpc) is 3.13. The monoisotopic (exact) mass is 334 g/mol. The summed E-state index contributed by atoms with van der Waals surface area (Å²) < 4.78 is 10.7. The molecule has 7 nitrogen and oxygen atoms in total. The topological polar surface area (TPSA) is 90.0 Å². The van der Waals surface area contributed by atoms with Gasteiger partial charge in [0.1, 0.15) is 23.4 Å². The van der Waals surface area contributed by atoms with Crippen molar-refractivity contribution < 1.29 is 14.3 Å². The van der Waals surface area contributed by atoms with Gasteiger partial charge < -0.3 is 9.47 Å². The van der Waals surface area contributed by atoms with Crippen LogP contribution < -0.4 is 4.74 Å². The number of pyridine rings is 1. The Morgan fingerprint density at radius 1 is 1.12 bits per heavy atom. The molecule has 0 fully saturated rings. The summed E-state index contributed by atoms with van der Waals surface area (Å²) in [4.78, 5) is 16.8. The number of carbonyl (C=O) groups excluding carboxylic acids is 1. The molecule has 1 N–H and O–H groups in total. The molecule has 25 heavy (non-hydrogen) atoms. The van der Waals surface area contributed by atoms with E-state index >= 15 is 0 Å². The molecule has 0 amide bonds. The summed E-state index contributed by atoms with van der Waals surface area (Å²) in [5.74, 6) is 0.124. The molecule has 4 rings (SSSR count). The van der Waals surface area contributed by atoms with E-state index in [1.807, 2.05) is 36.4 Å². The molecule has 0 aliphatic carbocycles. The zero-order valence-corrected chi connectivity index (χ0v) is 13.4. The van der Waals surface area contributed by atoms with Crippen molar-refractivity contribution in [1.29, 1.82) is 0 Å². The highest BCUT2D eigenvalue weighted by Crippen LogP contribution is 2.24. The third-order valence-corrected chi connectivity index (χ3v) is 3.88. The number of benzene rings is 2. The number of rotatable bonds is 4. The Labute approximate surface area is 142 Å². The number of aromatic amines is 1. The van der Waals surface area contributed by atoms with Crippen LogP contribution in [0.3, 0.4) is 0 Å². The van der Waals surface area contributed by atoms with Gasteiger partial charge in [0.05, 0.1) is 18.2 Å². The number of esters is 1. The van der Waals surface area contributed by atoms with E-state index in [-0.39, 0.29) is 6.61 Å². The van der Waals surface area contributed by atoms with E-state index in [4.69, 9.17) is 9.47 Å². The predicted molar refractivity (Wildman–Crippen MR) is 91.3 cm³/mol. The number of carbonyl (C=O) groups is 1. The van der Waals surface area contributed by atoms with Crippen LogP contribution in [0, 0.1) is 0 Å². The Morgan fingerprint density at radius 3 is 2.88 bits per heavy atom. The molecule has 0 atom stereocenters. The number of methoxy groups -OCH3 is 1. The first-order chi connectivity index (χ1) is 12.2. The minimum atomic E-state index is -0.456. The first-order valence-corrected chi connectivity index (χ1v) is 7.64. The lowest BCUT2D eigenvalue weighted by molar-refractivity contribution is 0.0474. The maximum Gasteiger partial charge on any atom is 0.340 e. The van der Waals surface area contributed by atoms with Gasteiger partial charge in [-0.3, -0.25) is 4.98 Å². The normalized spacial score (nSPS) is 10.9. The van der Waals surface area contributed by atoms with Crippen LogP contribution in [0.1, 0.15) is 15.9 Å². The molecule has 2 aromatic carbocycles. The summed E-state index contributed by atoms with van der Waals surface area (Å²) in [5.41, 5.74) is 3.27. The van der Waals surface area contributed by atoms with Gasteiger partial charge in [0.25, 0.3) is 0 Å². The van der Waals surface area contributed by atoms with E-state index in [0.29, 0.717) is 16.8 Å². The maximum atomic E-state index is 12.6. The minimum absolute atomic E-state index is 0.132. The van der Waals surface area contributed by atoms with Crippen LogP contribution in [0.4, 0.5) is 0 Å². The summed E-state index contributed by atoms with van der Waals surface area (Å²) in [6.45, 7) is 0.132. The number of ether oxygens (including phenoxy) is 2. The van der Waals surface area contributed by atoms with Gasteiger partial charge in [-0.25, -0.2) is 4.79 Å². The zero-order chi connectivity index (χ0) is 17.2. The number of H-pyrrole nitrogens is 1. The summed E-state index contributed by atoms with van der Waals surface area (Å²) in [7, 11) is 1.56. The lowest BCUT2D eigenvalue weighted by Crippen LogP contribution is -2.07. The number of hydrogen-bond acceptors (Lipinski definition) is 6. The highest BCUT2D eigenvalue weighted by atomic mass is 16.5. The molecule has 0 aliphatic heterocycles. The van der Waals surface area contributed by atoms with Crippen LogP contribution in [-0.2, 0) is 11.3 Å². The van der Waals surface area contributed by atoms with E-state index in [2.05, 4.69) is 20.4 Å². The van der Waals surface area contributed by atoms with Crippen LogP contribution in [0.2, 0.25) is 0 Å². The van der Waals surface area contributed by atoms with Crippen molar-refractivity contribution in [3.8, 4) is 5.75 Å². The van der Waals surface area contributed by atoms with Crippen LogP contribution in [0.5, 0.6) is 5.75 Å². The lowest BCUT2D eigenvalue weighted by atomic mass is 10.1. The largest absolute Gasteiger partial charge is 0.497 e. The van der Waals surface area contributed by atoms with Gasteiger partial charge in [-0.15, -0.1) is 0 Å². The Hall–Kier alpha value is -3.48. The van der Waals surface area contributed by atoms with Crippen molar-refractivity contribution in [3.05, 3.63) is 59.8 Å². The molecule has 0 spiro atoms.